The summed E-state index contributed by atoms with van der Waals surface area (Å²) >= 11 is 0. The highest BCUT2D eigenvalue weighted by molar-refractivity contribution is 5.94. The number of ether oxygens (including phenoxy) is 1. The van der Waals surface area contributed by atoms with Crippen LogP contribution < -0.4 is 5.32 Å². The molecule has 0 heterocycles. The molecule has 5 nitrogen and oxygen atoms in total. The predicted molar refractivity (Wildman–Crippen MR) is 131 cm³/mol. The zero-order valence-electron chi connectivity index (χ0n) is 20.7. The van der Waals surface area contributed by atoms with E-state index in [1.165, 1.54) is 29.2 Å². The van der Waals surface area contributed by atoms with Crippen LogP contribution in [0.15, 0.2) is 47.1 Å². The molecule has 34 heavy (non-hydrogen) atoms. The van der Waals surface area contributed by atoms with Gasteiger partial charge in [-0.2, -0.15) is 0 Å². The number of carbonyl (C=O) groups excluding carboxylic acids is 3. The van der Waals surface area contributed by atoms with Gasteiger partial charge in [-0.1, -0.05) is 24.6 Å². The van der Waals surface area contributed by atoms with Crippen LogP contribution in [0.25, 0.3) is 0 Å². The summed E-state index contributed by atoms with van der Waals surface area (Å²) in [5.41, 5.74) is 4.96. The van der Waals surface area contributed by atoms with Crippen LogP contribution in [0.5, 0.6) is 0 Å². The zero-order valence-corrected chi connectivity index (χ0v) is 20.7. The van der Waals surface area contributed by atoms with E-state index in [2.05, 4.69) is 36.5 Å². The number of carbonyl (C=O) groups is 3. The van der Waals surface area contributed by atoms with Crippen molar-refractivity contribution in [1.29, 1.82) is 0 Å². The van der Waals surface area contributed by atoms with Crippen LogP contribution in [-0.2, 0) is 19.1 Å². The van der Waals surface area contributed by atoms with Crippen molar-refractivity contribution in [3.05, 3.63) is 52.6 Å². The molecule has 5 heteroatoms. The first-order chi connectivity index (χ1) is 16.2. The molecule has 0 spiro atoms. The van der Waals surface area contributed by atoms with Gasteiger partial charge in [-0.3, -0.25) is 14.4 Å². The number of hydrogen-bond acceptors (Lipinski definition) is 5. The van der Waals surface area contributed by atoms with Crippen LogP contribution >= 0.6 is 0 Å². The molecule has 2 saturated carbocycles. The molecule has 5 rings (SSSR count). The molecule has 5 atom stereocenters. The van der Waals surface area contributed by atoms with Crippen molar-refractivity contribution in [1.82, 2.24) is 0 Å². The molecular formula is C29H35NO4. The number of hydrogen-bond donors (Lipinski definition) is 1. The van der Waals surface area contributed by atoms with Crippen molar-refractivity contribution in [2.75, 3.05) is 12.4 Å². The number of anilines is 1. The number of benzene rings is 1. The lowest BCUT2D eigenvalue weighted by Gasteiger charge is -2.52. The predicted octanol–water partition coefficient (Wildman–Crippen LogP) is 5.52. The van der Waals surface area contributed by atoms with Crippen molar-refractivity contribution in [3.63, 3.8) is 0 Å². The molecule has 1 aromatic rings. The van der Waals surface area contributed by atoms with Crippen LogP contribution in [0.2, 0.25) is 0 Å². The van der Waals surface area contributed by atoms with Crippen molar-refractivity contribution in [3.8, 4) is 0 Å². The first-order valence-corrected chi connectivity index (χ1v) is 12.6. The maximum absolute atomic E-state index is 12.9. The molecule has 4 aliphatic rings. The van der Waals surface area contributed by atoms with E-state index in [9.17, 15) is 14.4 Å². The van der Waals surface area contributed by atoms with Gasteiger partial charge in [-0.25, -0.2) is 0 Å². The maximum Gasteiger partial charge on any atom is 0.303 e. The maximum atomic E-state index is 12.9. The highest BCUT2D eigenvalue weighted by Gasteiger charge is 2.65. The Morgan fingerprint density at radius 2 is 1.79 bits per heavy atom. The smallest absolute Gasteiger partial charge is 0.303 e. The molecule has 0 aliphatic heterocycles. The van der Waals surface area contributed by atoms with Crippen LogP contribution in [-0.4, -0.2) is 30.2 Å². The van der Waals surface area contributed by atoms with Crippen molar-refractivity contribution >= 4 is 23.2 Å². The van der Waals surface area contributed by atoms with Gasteiger partial charge in [0.1, 0.15) is 0 Å². The van der Waals surface area contributed by atoms with Crippen molar-refractivity contribution in [2.24, 2.45) is 17.3 Å². The quantitative estimate of drug-likeness (QED) is 0.598. The van der Waals surface area contributed by atoms with Gasteiger partial charge < -0.3 is 10.1 Å². The molecule has 180 valence electrons. The second-order valence-electron chi connectivity index (χ2n) is 10.9. The lowest BCUT2D eigenvalue weighted by Crippen LogP contribution is -2.56. The molecule has 1 aromatic carbocycles. The normalized spacial score (nSPS) is 34.5. The van der Waals surface area contributed by atoms with E-state index in [0.29, 0.717) is 24.7 Å². The molecular weight excluding hydrogens is 426 g/mol. The molecule has 0 bridgehead atoms. The summed E-state index contributed by atoms with van der Waals surface area (Å²) < 4.78 is 5.88. The monoisotopic (exact) mass is 461 g/mol. The van der Waals surface area contributed by atoms with E-state index in [0.717, 1.165) is 37.8 Å². The number of ketones is 2. The van der Waals surface area contributed by atoms with Crippen LogP contribution in [0.1, 0.15) is 77.2 Å². The summed E-state index contributed by atoms with van der Waals surface area (Å²) in [6.45, 7) is 5.18. The fourth-order valence-corrected chi connectivity index (χ4v) is 7.86. The van der Waals surface area contributed by atoms with Gasteiger partial charge in [-0.05, 0) is 92.2 Å². The third-order valence-corrected chi connectivity index (χ3v) is 9.39. The third kappa shape index (κ3) is 3.30. The summed E-state index contributed by atoms with van der Waals surface area (Å²) in [6, 6.07) is 8.46. The molecule has 1 N–H and O–H groups in total. The third-order valence-electron chi connectivity index (χ3n) is 9.39. The van der Waals surface area contributed by atoms with Crippen LogP contribution in [0.3, 0.4) is 0 Å². The summed E-state index contributed by atoms with van der Waals surface area (Å²) in [6.07, 6.45) is 7.51. The topological polar surface area (TPSA) is 72.5 Å². The van der Waals surface area contributed by atoms with Gasteiger partial charge in [0.05, 0.1) is 0 Å². The second-order valence-corrected chi connectivity index (χ2v) is 10.9. The van der Waals surface area contributed by atoms with E-state index in [1.54, 1.807) is 6.92 Å². The Hall–Kier alpha value is -2.69. The average molecular weight is 462 g/mol. The fraction of sp³-hybridized carbons (Fsp3) is 0.552. The van der Waals surface area contributed by atoms with E-state index in [4.69, 9.17) is 4.74 Å². The van der Waals surface area contributed by atoms with Gasteiger partial charge in [0, 0.05) is 37.4 Å². The molecule has 0 amide bonds. The lowest BCUT2D eigenvalue weighted by molar-refractivity contribution is -0.181. The average Bonchev–Trinajstić information content (AvgIpc) is 3.11. The first kappa shape index (κ1) is 23.1. The minimum atomic E-state index is -1.01. The number of nitrogens with one attached hydrogen (secondary N) is 1. The van der Waals surface area contributed by atoms with Crippen LogP contribution in [0.4, 0.5) is 5.69 Å². The highest BCUT2D eigenvalue weighted by atomic mass is 16.6. The summed E-state index contributed by atoms with van der Waals surface area (Å²) in [7, 11) is 1.91. The van der Waals surface area contributed by atoms with Gasteiger partial charge in [0.2, 0.25) is 0 Å². The molecule has 4 aliphatic carbocycles. The van der Waals surface area contributed by atoms with Crippen LogP contribution in [0, 0.1) is 17.3 Å². The Morgan fingerprint density at radius 1 is 1.06 bits per heavy atom. The van der Waals surface area contributed by atoms with E-state index in [-0.39, 0.29) is 28.9 Å². The Balaban J connectivity index is 1.58. The van der Waals surface area contributed by atoms with E-state index >= 15 is 0 Å². The van der Waals surface area contributed by atoms with E-state index < -0.39 is 5.60 Å². The molecule has 0 aromatic heterocycles. The second kappa shape index (κ2) is 8.21. The Morgan fingerprint density at radius 3 is 2.44 bits per heavy atom. The molecule has 0 saturated heterocycles. The van der Waals surface area contributed by atoms with Crippen molar-refractivity contribution < 1.29 is 19.1 Å². The first-order valence-electron chi connectivity index (χ1n) is 12.6. The number of esters is 1. The Kier molecular flexibility index (Phi) is 5.57. The van der Waals surface area contributed by atoms with E-state index in [1.807, 2.05) is 13.1 Å². The number of allylic oxidation sites excluding steroid dienone is 4. The Bertz CT molecular complexity index is 1110. The summed E-state index contributed by atoms with van der Waals surface area (Å²) in [5, 5.41) is 3.17. The largest absolute Gasteiger partial charge is 0.451 e. The fourth-order valence-electron chi connectivity index (χ4n) is 7.86. The summed E-state index contributed by atoms with van der Waals surface area (Å²) in [4.78, 5) is 37.7. The number of Topliss-reactive ketones (excluding diaryl/α,β-unsaturated/α-hetero) is 1. The van der Waals surface area contributed by atoms with Gasteiger partial charge >= 0.3 is 5.97 Å². The Labute approximate surface area is 202 Å². The number of fused-ring (bicyclic) bond motifs is 4. The molecule has 2 fully saturated rings. The SMILES string of the molecule is CNc1ccc([C@@H]2CC(=O)C=C3CC[C@@H]4C(=C32)CC[C@@]2(C)[C@H]4CC[C@]2(OC(C)=O)C(C)=O)cc1. The highest BCUT2D eigenvalue weighted by Crippen LogP contribution is 2.65. The standard InChI is InChI=1S/C29H35NO4/c1-17(31)29(34-18(2)32)14-12-26-23-10-7-20-15-22(33)16-25(19-5-8-21(30-4)9-6-19)27(20)24(23)11-13-28(26,29)3/h5-6,8-9,15,23,25-26,30H,7,10-14,16H2,1-4H3/t23-,25+,26+,28+,29+/m1/s1. The number of rotatable bonds is 4. The van der Waals surface area contributed by atoms with Gasteiger partial charge in [0.25, 0.3) is 0 Å². The van der Waals surface area contributed by atoms with Crippen molar-refractivity contribution in [2.45, 2.75) is 77.2 Å². The molecule has 0 radical (unpaired) electrons. The van der Waals surface area contributed by atoms with Gasteiger partial charge in [0.15, 0.2) is 17.2 Å². The minimum absolute atomic E-state index is 0.0223. The van der Waals surface area contributed by atoms with Gasteiger partial charge in [-0.15, -0.1) is 0 Å². The molecule has 0 unspecified atom stereocenters. The lowest BCUT2D eigenvalue weighted by atomic mass is 9.53. The minimum Gasteiger partial charge on any atom is -0.451 e. The zero-order chi connectivity index (χ0) is 24.3. The summed E-state index contributed by atoms with van der Waals surface area (Å²) in [5.74, 6) is 0.589.